The van der Waals surface area contributed by atoms with Crippen molar-refractivity contribution < 1.29 is 13.2 Å². The van der Waals surface area contributed by atoms with Gasteiger partial charge in [0.2, 0.25) is 0 Å². The standard InChI is InChI=1S/C16H26F2N4.C15H25FN4/c1-16(2,3)12-6-4-11(5-7-12)10-21-9-8-13(14(17)18)22-15(19)20;1-15(2,3)12-6-4-11(5-7-12)10-19-9-8-13(16)20-14(17)18/h4-7,13-14,21H,8-10H2,1-3H3,(H4,19,20,22);4-7,13,19H,8-10H2,1-3H3,(H4,17,18,20). The molecule has 0 saturated heterocycles. The van der Waals surface area contributed by atoms with Gasteiger partial charge in [-0.15, -0.1) is 0 Å². The average Bonchev–Trinajstić information content (AvgIpc) is 2.87. The molecule has 8 nitrogen and oxygen atoms in total. The minimum Gasteiger partial charge on any atom is -0.370 e. The fourth-order valence-corrected chi connectivity index (χ4v) is 3.85. The molecule has 236 valence electrons. The molecule has 10 N–H and O–H groups in total. The predicted molar refractivity (Wildman–Crippen MR) is 169 cm³/mol. The largest absolute Gasteiger partial charge is 0.370 e. The Hall–Kier alpha value is -3.31. The summed E-state index contributed by atoms with van der Waals surface area (Å²) in [6.07, 6.45) is -3.45. The number of nitrogens with one attached hydrogen (secondary N) is 2. The number of nitrogens with zero attached hydrogens (tertiary/aromatic N) is 2. The number of hydrogen-bond donors (Lipinski definition) is 6. The minimum atomic E-state index is -2.56. The van der Waals surface area contributed by atoms with Gasteiger partial charge < -0.3 is 33.6 Å². The fraction of sp³-hybridized carbons (Fsp3) is 0.548. The molecule has 0 heterocycles. The topological polar surface area (TPSA) is 153 Å². The zero-order valence-electron chi connectivity index (χ0n) is 25.9. The van der Waals surface area contributed by atoms with Crippen LogP contribution in [0.4, 0.5) is 13.2 Å². The van der Waals surface area contributed by atoms with Crippen LogP contribution in [0.5, 0.6) is 0 Å². The summed E-state index contributed by atoms with van der Waals surface area (Å²) in [6.45, 7) is 15.3. The van der Waals surface area contributed by atoms with Crippen molar-refractivity contribution in [2.45, 2.75) is 97.1 Å². The van der Waals surface area contributed by atoms with Crippen LogP contribution in [0.3, 0.4) is 0 Å². The summed E-state index contributed by atoms with van der Waals surface area (Å²) >= 11 is 0. The number of alkyl halides is 3. The van der Waals surface area contributed by atoms with Crippen LogP contribution in [0.2, 0.25) is 0 Å². The highest BCUT2D eigenvalue weighted by Crippen LogP contribution is 2.23. The van der Waals surface area contributed by atoms with Gasteiger partial charge in [-0.3, -0.25) is 0 Å². The number of rotatable bonds is 13. The molecule has 0 fully saturated rings. The molecule has 0 aliphatic heterocycles. The molecular formula is C31H51F3N8. The molecular weight excluding hydrogens is 541 g/mol. The van der Waals surface area contributed by atoms with E-state index < -0.39 is 18.8 Å². The number of halogens is 3. The maximum absolute atomic E-state index is 13.2. The van der Waals surface area contributed by atoms with Crippen molar-refractivity contribution in [3.05, 3.63) is 70.8 Å². The molecule has 0 spiro atoms. The van der Waals surface area contributed by atoms with Crippen molar-refractivity contribution in [2.24, 2.45) is 32.9 Å². The van der Waals surface area contributed by atoms with Crippen LogP contribution in [-0.2, 0) is 23.9 Å². The van der Waals surface area contributed by atoms with Crippen molar-refractivity contribution >= 4 is 11.9 Å². The van der Waals surface area contributed by atoms with E-state index in [2.05, 4.69) is 98.6 Å². The third-order valence-corrected chi connectivity index (χ3v) is 6.37. The molecule has 2 rings (SSSR count). The second kappa shape index (κ2) is 17.6. The van der Waals surface area contributed by atoms with Gasteiger partial charge in [-0.2, -0.15) is 0 Å². The second-order valence-electron chi connectivity index (χ2n) is 12.3. The molecule has 0 aliphatic rings. The van der Waals surface area contributed by atoms with Crippen LogP contribution in [0.1, 0.15) is 76.6 Å². The van der Waals surface area contributed by atoms with Crippen molar-refractivity contribution in [2.75, 3.05) is 13.1 Å². The summed E-state index contributed by atoms with van der Waals surface area (Å²) < 4.78 is 38.6. The minimum absolute atomic E-state index is 0.122. The normalized spacial score (nSPS) is 13.1. The highest BCUT2D eigenvalue weighted by atomic mass is 19.3. The highest BCUT2D eigenvalue weighted by molar-refractivity contribution is 5.76. The van der Waals surface area contributed by atoms with Gasteiger partial charge in [-0.05, 0) is 46.0 Å². The lowest BCUT2D eigenvalue weighted by atomic mass is 9.87. The fourth-order valence-electron chi connectivity index (χ4n) is 3.85. The maximum Gasteiger partial charge on any atom is 0.260 e. The van der Waals surface area contributed by atoms with Gasteiger partial charge in [0.1, 0.15) is 6.04 Å². The van der Waals surface area contributed by atoms with Gasteiger partial charge in [-0.1, -0.05) is 90.1 Å². The zero-order valence-corrected chi connectivity index (χ0v) is 25.9. The first-order valence-electron chi connectivity index (χ1n) is 14.2. The molecule has 2 unspecified atom stereocenters. The van der Waals surface area contributed by atoms with Crippen LogP contribution in [-0.4, -0.2) is 43.8 Å². The van der Waals surface area contributed by atoms with Gasteiger partial charge >= 0.3 is 0 Å². The Balaban J connectivity index is 0.000000422. The van der Waals surface area contributed by atoms with E-state index in [1.807, 2.05) is 12.1 Å². The molecule has 2 aromatic rings. The van der Waals surface area contributed by atoms with Crippen LogP contribution in [0.25, 0.3) is 0 Å². The number of hydrogen-bond acceptors (Lipinski definition) is 4. The summed E-state index contributed by atoms with van der Waals surface area (Å²) in [5.41, 5.74) is 25.7. The summed E-state index contributed by atoms with van der Waals surface area (Å²) in [7, 11) is 0. The lowest BCUT2D eigenvalue weighted by molar-refractivity contribution is 0.113. The molecule has 2 aromatic carbocycles. The van der Waals surface area contributed by atoms with E-state index in [-0.39, 0.29) is 35.6 Å². The Morgan fingerprint density at radius 3 is 1.36 bits per heavy atom. The first-order chi connectivity index (χ1) is 19.5. The lowest BCUT2D eigenvalue weighted by Crippen LogP contribution is -2.30. The average molecular weight is 593 g/mol. The van der Waals surface area contributed by atoms with Gasteiger partial charge in [0, 0.05) is 26.1 Å². The van der Waals surface area contributed by atoms with Gasteiger partial charge in [-0.25, -0.2) is 23.2 Å². The highest BCUT2D eigenvalue weighted by Gasteiger charge is 2.19. The monoisotopic (exact) mass is 592 g/mol. The van der Waals surface area contributed by atoms with Gasteiger partial charge in [0.15, 0.2) is 18.2 Å². The Kier molecular flexibility index (Phi) is 15.4. The van der Waals surface area contributed by atoms with Gasteiger partial charge in [0.05, 0.1) is 0 Å². The Morgan fingerprint density at radius 2 is 1.02 bits per heavy atom. The quantitative estimate of drug-likeness (QED) is 0.0877. The lowest BCUT2D eigenvalue weighted by Gasteiger charge is -2.19. The number of guanidine groups is 2. The van der Waals surface area contributed by atoms with E-state index in [1.54, 1.807) is 0 Å². The van der Waals surface area contributed by atoms with E-state index in [0.717, 1.165) is 5.56 Å². The van der Waals surface area contributed by atoms with Crippen molar-refractivity contribution in [1.29, 1.82) is 0 Å². The Bertz CT molecular complexity index is 1080. The predicted octanol–water partition coefficient (Wildman–Crippen LogP) is 4.40. The SMILES string of the molecule is CC(C)(C)c1ccc(CNCCC(F)N=C(N)N)cc1.CC(C)(C)c1ccc(CNCCC(N=C(N)N)C(F)F)cc1. The smallest absolute Gasteiger partial charge is 0.260 e. The summed E-state index contributed by atoms with van der Waals surface area (Å²) in [6, 6.07) is 15.6. The molecule has 0 amide bonds. The van der Waals surface area contributed by atoms with Crippen LogP contribution < -0.4 is 33.6 Å². The molecule has 0 aliphatic carbocycles. The van der Waals surface area contributed by atoms with E-state index >= 15 is 0 Å². The zero-order chi connectivity index (χ0) is 31.9. The van der Waals surface area contributed by atoms with Gasteiger partial charge in [0.25, 0.3) is 6.43 Å². The van der Waals surface area contributed by atoms with Crippen LogP contribution in [0, 0.1) is 0 Å². The summed E-state index contributed by atoms with van der Waals surface area (Å²) in [4.78, 5) is 6.97. The third-order valence-electron chi connectivity index (χ3n) is 6.37. The van der Waals surface area contributed by atoms with Crippen molar-refractivity contribution in [3.63, 3.8) is 0 Å². The second-order valence-corrected chi connectivity index (χ2v) is 12.3. The molecule has 11 heteroatoms. The molecule has 0 aromatic heterocycles. The van der Waals surface area contributed by atoms with Crippen LogP contribution in [0.15, 0.2) is 58.5 Å². The Labute approximate surface area is 249 Å². The summed E-state index contributed by atoms with van der Waals surface area (Å²) in [5.74, 6) is -0.515. The van der Waals surface area contributed by atoms with E-state index in [9.17, 15) is 13.2 Å². The van der Waals surface area contributed by atoms with E-state index in [1.165, 1.54) is 16.7 Å². The molecule has 0 radical (unpaired) electrons. The molecule has 0 saturated carbocycles. The van der Waals surface area contributed by atoms with Crippen molar-refractivity contribution in [1.82, 2.24) is 10.6 Å². The molecule has 0 bridgehead atoms. The number of benzene rings is 2. The number of nitrogens with two attached hydrogens (primary N) is 4. The third kappa shape index (κ3) is 15.6. The summed E-state index contributed by atoms with van der Waals surface area (Å²) in [5, 5.41) is 6.31. The Morgan fingerprint density at radius 1 is 0.643 bits per heavy atom. The van der Waals surface area contributed by atoms with Crippen molar-refractivity contribution in [3.8, 4) is 0 Å². The first kappa shape index (κ1) is 36.7. The van der Waals surface area contributed by atoms with E-state index in [4.69, 9.17) is 22.9 Å². The van der Waals surface area contributed by atoms with Crippen LogP contribution >= 0.6 is 0 Å². The number of aliphatic imine (C=N–C) groups is 2. The first-order valence-corrected chi connectivity index (χ1v) is 14.2. The molecule has 2 atom stereocenters. The molecule has 42 heavy (non-hydrogen) atoms. The van der Waals surface area contributed by atoms with E-state index in [0.29, 0.717) is 26.2 Å². The maximum atomic E-state index is 13.2.